The van der Waals surface area contributed by atoms with Crippen LogP contribution < -0.4 is 10.0 Å². The number of nitrogens with one attached hydrogen (secondary N) is 2. The third-order valence-corrected chi connectivity index (χ3v) is 3.82. The molecule has 1 atom stereocenters. The van der Waals surface area contributed by atoms with E-state index in [-0.39, 0.29) is 28.9 Å². The Balaban J connectivity index is 0.00000220. The van der Waals surface area contributed by atoms with Gasteiger partial charge in [0.1, 0.15) is 0 Å². The third kappa shape index (κ3) is 5.52. The largest absolute Gasteiger partial charge is 0.504 e. The number of aromatic hydroxyl groups is 1. The SMILES string of the molecule is CS(=O)(=O)Nc1cc(C(O)CNC2CC2)cc(Cl)c1O.Cl. The van der Waals surface area contributed by atoms with Crippen LogP contribution in [-0.2, 0) is 10.0 Å². The highest BCUT2D eigenvalue weighted by molar-refractivity contribution is 7.92. The van der Waals surface area contributed by atoms with Gasteiger partial charge in [-0.2, -0.15) is 0 Å². The highest BCUT2D eigenvalue weighted by Gasteiger charge is 2.22. The molecule has 0 spiro atoms. The van der Waals surface area contributed by atoms with Crippen molar-refractivity contribution in [2.45, 2.75) is 25.0 Å². The molecule has 1 unspecified atom stereocenters. The van der Waals surface area contributed by atoms with E-state index in [0.29, 0.717) is 18.2 Å². The topological polar surface area (TPSA) is 98.7 Å². The fourth-order valence-corrected chi connectivity index (χ4v) is 2.56. The lowest BCUT2D eigenvalue weighted by molar-refractivity contribution is 0.174. The Morgan fingerprint density at radius 1 is 1.43 bits per heavy atom. The molecule has 4 N–H and O–H groups in total. The monoisotopic (exact) mass is 356 g/mol. The van der Waals surface area contributed by atoms with Crippen molar-refractivity contribution < 1.29 is 18.6 Å². The molecule has 1 aliphatic rings. The Morgan fingerprint density at radius 3 is 2.57 bits per heavy atom. The van der Waals surface area contributed by atoms with E-state index < -0.39 is 16.1 Å². The van der Waals surface area contributed by atoms with E-state index >= 15 is 0 Å². The normalized spacial score (nSPS) is 16.1. The first-order valence-electron chi connectivity index (χ1n) is 6.18. The second-order valence-corrected chi connectivity index (χ2v) is 7.13. The van der Waals surface area contributed by atoms with Crippen molar-refractivity contribution in [3.63, 3.8) is 0 Å². The Morgan fingerprint density at radius 2 is 2.05 bits per heavy atom. The van der Waals surface area contributed by atoms with Crippen LogP contribution in [0.3, 0.4) is 0 Å². The van der Waals surface area contributed by atoms with E-state index in [0.717, 1.165) is 19.1 Å². The number of hydrogen-bond acceptors (Lipinski definition) is 5. The molecule has 0 saturated heterocycles. The molecule has 0 aliphatic heterocycles. The number of halogens is 2. The van der Waals surface area contributed by atoms with Gasteiger partial charge in [0, 0.05) is 12.6 Å². The first-order chi connectivity index (χ1) is 9.26. The van der Waals surface area contributed by atoms with Gasteiger partial charge in [-0.3, -0.25) is 4.72 Å². The number of rotatable bonds is 6. The maximum atomic E-state index is 11.2. The maximum absolute atomic E-state index is 11.2. The summed E-state index contributed by atoms with van der Waals surface area (Å²) < 4.78 is 24.6. The first-order valence-corrected chi connectivity index (χ1v) is 8.45. The quantitative estimate of drug-likeness (QED) is 0.580. The Bertz CT molecular complexity index is 606. The Kier molecular flexibility index (Phi) is 6.12. The lowest BCUT2D eigenvalue weighted by Gasteiger charge is -2.15. The first kappa shape index (κ1) is 18.3. The summed E-state index contributed by atoms with van der Waals surface area (Å²) in [6.45, 7) is 0.351. The van der Waals surface area contributed by atoms with Crippen molar-refractivity contribution in [1.29, 1.82) is 0 Å². The third-order valence-electron chi connectivity index (χ3n) is 2.94. The molecule has 1 aromatic carbocycles. The van der Waals surface area contributed by atoms with Crippen LogP contribution in [-0.4, -0.2) is 37.5 Å². The summed E-state index contributed by atoms with van der Waals surface area (Å²) >= 11 is 5.85. The molecule has 0 aromatic heterocycles. The molecule has 21 heavy (non-hydrogen) atoms. The van der Waals surface area contributed by atoms with Crippen LogP contribution in [0.25, 0.3) is 0 Å². The lowest BCUT2D eigenvalue weighted by atomic mass is 10.1. The molecule has 1 saturated carbocycles. The van der Waals surface area contributed by atoms with Gasteiger partial charge in [-0.25, -0.2) is 8.42 Å². The molecular weight excluding hydrogens is 339 g/mol. The van der Waals surface area contributed by atoms with Crippen LogP contribution in [0.1, 0.15) is 24.5 Å². The smallest absolute Gasteiger partial charge is 0.229 e. The van der Waals surface area contributed by atoms with E-state index in [1.165, 1.54) is 12.1 Å². The van der Waals surface area contributed by atoms with Gasteiger partial charge in [-0.05, 0) is 30.5 Å². The van der Waals surface area contributed by atoms with Gasteiger partial charge in [0.15, 0.2) is 5.75 Å². The number of benzene rings is 1. The number of aliphatic hydroxyl groups excluding tert-OH is 1. The average Bonchev–Trinajstić information content (AvgIpc) is 3.14. The molecular formula is C12H18Cl2N2O4S. The Labute approximate surface area is 135 Å². The number of phenols is 1. The molecule has 9 heteroatoms. The zero-order valence-corrected chi connectivity index (χ0v) is 13.7. The van der Waals surface area contributed by atoms with Crippen molar-refractivity contribution in [2.75, 3.05) is 17.5 Å². The number of hydrogen-bond donors (Lipinski definition) is 4. The van der Waals surface area contributed by atoms with Gasteiger partial charge in [0.25, 0.3) is 0 Å². The van der Waals surface area contributed by atoms with Crippen LogP contribution in [0.5, 0.6) is 5.75 Å². The molecule has 1 fully saturated rings. The van der Waals surface area contributed by atoms with Crippen LogP contribution >= 0.6 is 24.0 Å². The van der Waals surface area contributed by atoms with Crippen LogP contribution in [0.2, 0.25) is 5.02 Å². The molecule has 0 bridgehead atoms. The van der Waals surface area contributed by atoms with Gasteiger partial charge in [0.05, 0.1) is 23.1 Å². The maximum Gasteiger partial charge on any atom is 0.229 e. The lowest BCUT2D eigenvalue weighted by Crippen LogP contribution is -2.23. The summed E-state index contributed by atoms with van der Waals surface area (Å²) in [5, 5.41) is 22.9. The molecule has 1 aliphatic carbocycles. The molecule has 0 heterocycles. The zero-order valence-electron chi connectivity index (χ0n) is 11.3. The average molecular weight is 357 g/mol. The van der Waals surface area contributed by atoms with Crippen molar-refractivity contribution in [2.24, 2.45) is 0 Å². The van der Waals surface area contributed by atoms with Gasteiger partial charge in [0.2, 0.25) is 10.0 Å². The Hall–Kier alpha value is -0.730. The summed E-state index contributed by atoms with van der Waals surface area (Å²) in [5.74, 6) is -0.358. The highest BCUT2D eigenvalue weighted by Crippen LogP contribution is 2.35. The molecule has 2 rings (SSSR count). The van der Waals surface area contributed by atoms with Crippen LogP contribution in [0.15, 0.2) is 12.1 Å². The van der Waals surface area contributed by atoms with E-state index in [2.05, 4.69) is 10.0 Å². The number of phenolic OH excluding ortho intramolecular Hbond substituents is 1. The van der Waals surface area contributed by atoms with Crippen molar-refractivity contribution in [1.82, 2.24) is 5.32 Å². The van der Waals surface area contributed by atoms with Crippen molar-refractivity contribution in [3.05, 3.63) is 22.7 Å². The molecule has 6 nitrogen and oxygen atoms in total. The highest BCUT2D eigenvalue weighted by atomic mass is 35.5. The molecule has 1 aromatic rings. The van der Waals surface area contributed by atoms with Gasteiger partial charge < -0.3 is 15.5 Å². The fraction of sp³-hybridized carbons (Fsp3) is 0.500. The van der Waals surface area contributed by atoms with E-state index in [1.54, 1.807) is 0 Å². The minimum absolute atomic E-state index is 0. The summed E-state index contributed by atoms with van der Waals surface area (Å²) in [6.07, 6.45) is 2.35. The molecule has 0 radical (unpaired) electrons. The second-order valence-electron chi connectivity index (χ2n) is 4.97. The van der Waals surface area contributed by atoms with Gasteiger partial charge in [-0.1, -0.05) is 11.6 Å². The van der Waals surface area contributed by atoms with Crippen molar-refractivity contribution >= 4 is 39.7 Å². The standard InChI is InChI=1S/C12H17ClN2O4S.ClH/c1-20(18,19)15-10-5-7(4-9(13)12(10)17)11(16)6-14-8-2-3-8;/h4-5,8,11,14-17H,2-3,6H2,1H3;1H. The van der Waals surface area contributed by atoms with Crippen molar-refractivity contribution in [3.8, 4) is 5.75 Å². The van der Waals surface area contributed by atoms with E-state index in [1.807, 2.05) is 0 Å². The fourth-order valence-electron chi connectivity index (χ4n) is 1.77. The van der Waals surface area contributed by atoms with E-state index in [9.17, 15) is 18.6 Å². The summed E-state index contributed by atoms with van der Waals surface area (Å²) in [6, 6.07) is 3.25. The number of anilines is 1. The molecule has 120 valence electrons. The number of aliphatic hydroxyl groups is 1. The summed E-state index contributed by atoms with van der Waals surface area (Å²) in [4.78, 5) is 0. The second kappa shape index (κ2) is 7.02. The van der Waals surface area contributed by atoms with Gasteiger partial charge >= 0.3 is 0 Å². The number of sulfonamides is 1. The predicted molar refractivity (Wildman–Crippen MR) is 84.8 cm³/mol. The minimum Gasteiger partial charge on any atom is -0.504 e. The predicted octanol–water partition coefficient (Wildman–Crippen LogP) is 1.62. The van der Waals surface area contributed by atoms with Gasteiger partial charge in [-0.15, -0.1) is 12.4 Å². The summed E-state index contributed by atoms with van der Waals surface area (Å²) in [7, 11) is -3.54. The molecule has 0 amide bonds. The van der Waals surface area contributed by atoms with Crippen LogP contribution in [0, 0.1) is 0 Å². The summed E-state index contributed by atoms with van der Waals surface area (Å²) in [5.41, 5.74) is 0.396. The van der Waals surface area contributed by atoms with Crippen LogP contribution in [0.4, 0.5) is 5.69 Å². The minimum atomic E-state index is -3.54. The van der Waals surface area contributed by atoms with E-state index in [4.69, 9.17) is 11.6 Å². The zero-order chi connectivity index (χ0) is 14.9.